The lowest BCUT2D eigenvalue weighted by Gasteiger charge is -2.28. The van der Waals surface area contributed by atoms with E-state index in [0.717, 1.165) is 19.3 Å². The second-order valence-electron chi connectivity index (χ2n) is 6.40. The van der Waals surface area contributed by atoms with Crippen LogP contribution in [0.5, 0.6) is 0 Å². The van der Waals surface area contributed by atoms with Gasteiger partial charge in [0.05, 0.1) is 12.6 Å². The summed E-state index contributed by atoms with van der Waals surface area (Å²) in [5, 5.41) is 0. The van der Waals surface area contributed by atoms with Crippen molar-refractivity contribution in [3.63, 3.8) is 0 Å². The number of carbonyl (C=O) groups excluding carboxylic acids is 1. The molecule has 0 spiro atoms. The first-order chi connectivity index (χ1) is 10.1. The van der Waals surface area contributed by atoms with Gasteiger partial charge in [-0.1, -0.05) is 51.1 Å². The summed E-state index contributed by atoms with van der Waals surface area (Å²) in [6.07, 6.45) is 3.04. The van der Waals surface area contributed by atoms with E-state index in [0.29, 0.717) is 19.3 Å². The van der Waals surface area contributed by atoms with Crippen molar-refractivity contribution in [1.82, 2.24) is 4.90 Å². The van der Waals surface area contributed by atoms with Gasteiger partial charge in [0, 0.05) is 5.92 Å². The smallest absolute Gasteiger partial charge is 0.227 e. The van der Waals surface area contributed by atoms with Crippen molar-refractivity contribution >= 4 is 5.91 Å². The molecule has 3 nitrogen and oxygen atoms in total. The van der Waals surface area contributed by atoms with Crippen LogP contribution in [0.3, 0.4) is 0 Å². The predicted molar refractivity (Wildman–Crippen MR) is 84.8 cm³/mol. The van der Waals surface area contributed by atoms with E-state index in [1.54, 1.807) is 0 Å². The van der Waals surface area contributed by atoms with Gasteiger partial charge >= 0.3 is 0 Å². The van der Waals surface area contributed by atoms with E-state index < -0.39 is 0 Å². The quantitative estimate of drug-likeness (QED) is 0.802. The summed E-state index contributed by atoms with van der Waals surface area (Å²) in [7, 11) is 0. The highest BCUT2D eigenvalue weighted by atomic mass is 16.5. The summed E-state index contributed by atoms with van der Waals surface area (Å²) in [5.74, 6) is 0.781. The van der Waals surface area contributed by atoms with Gasteiger partial charge in [0.25, 0.3) is 0 Å². The van der Waals surface area contributed by atoms with Crippen molar-refractivity contribution in [2.75, 3.05) is 13.3 Å². The number of benzene rings is 1. The number of nitrogens with zero attached hydrogens (tertiary/aromatic N) is 1. The average Bonchev–Trinajstić information content (AvgIpc) is 2.97. The van der Waals surface area contributed by atoms with Crippen molar-refractivity contribution in [1.29, 1.82) is 0 Å². The molecule has 1 aromatic carbocycles. The van der Waals surface area contributed by atoms with Gasteiger partial charge in [-0.25, -0.2) is 0 Å². The standard InChI is InChI=1S/C18H27NO2/c1-14(2)17-12-21-13-19(17)18(20)15(3)8-7-11-16-9-5-4-6-10-16/h4-6,9-10,14-15,17H,7-8,11-13H2,1-3H3/t15-,17-/m1/s1. The van der Waals surface area contributed by atoms with E-state index in [-0.39, 0.29) is 17.9 Å². The minimum atomic E-state index is 0.0802. The highest BCUT2D eigenvalue weighted by Gasteiger charge is 2.33. The average molecular weight is 289 g/mol. The zero-order chi connectivity index (χ0) is 15.2. The molecule has 1 aromatic rings. The molecule has 0 bridgehead atoms. The van der Waals surface area contributed by atoms with E-state index in [1.807, 2.05) is 17.9 Å². The summed E-state index contributed by atoms with van der Waals surface area (Å²) in [4.78, 5) is 14.5. The zero-order valence-electron chi connectivity index (χ0n) is 13.4. The van der Waals surface area contributed by atoms with Crippen LogP contribution in [0.2, 0.25) is 0 Å². The number of hydrogen-bond donors (Lipinski definition) is 0. The Hall–Kier alpha value is -1.35. The SMILES string of the molecule is CC(C)[C@H]1COCN1C(=O)[C@H](C)CCCc1ccccc1. The van der Waals surface area contributed by atoms with Crippen LogP contribution < -0.4 is 0 Å². The second kappa shape index (κ2) is 7.60. The Balaban J connectivity index is 1.80. The van der Waals surface area contributed by atoms with Gasteiger partial charge in [-0.15, -0.1) is 0 Å². The topological polar surface area (TPSA) is 29.5 Å². The zero-order valence-corrected chi connectivity index (χ0v) is 13.4. The van der Waals surface area contributed by atoms with Crippen molar-refractivity contribution < 1.29 is 9.53 Å². The van der Waals surface area contributed by atoms with Gasteiger partial charge in [-0.2, -0.15) is 0 Å². The lowest BCUT2D eigenvalue weighted by molar-refractivity contribution is -0.138. The number of hydrogen-bond acceptors (Lipinski definition) is 2. The molecule has 0 aliphatic carbocycles. The maximum Gasteiger partial charge on any atom is 0.227 e. The third-order valence-corrected chi connectivity index (χ3v) is 4.34. The van der Waals surface area contributed by atoms with Crippen molar-refractivity contribution in [3.05, 3.63) is 35.9 Å². The van der Waals surface area contributed by atoms with Crippen LogP contribution in [0.25, 0.3) is 0 Å². The van der Waals surface area contributed by atoms with Gasteiger partial charge in [0.1, 0.15) is 6.73 Å². The second-order valence-corrected chi connectivity index (χ2v) is 6.40. The summed E-state index contributed by atoms with van der Waals surface area (Å²) in [6.45, 7) is 7.49. The van der Waals surface area contributed by atoms with Crippen LogP contribution in [-0.2, 0) is 16.0 Å². The molecule has 1 aliphatic rings. The maximum atomic E-state index is 12.5. The molecule has 0 saturated carbocycles. The molecule has 116 valence electrons. The van der Waals surface area contributed by atoms with Crippen molar-refractivity contribution in [2.45, 2.75) is 46.1 Å². The van der Waals surface area contributed by atoms with Gasteiger partial charge in [-0.3, -0.25) is 4.79 Å². The Labute approximate surface area is 128 Å². The van der Waals surface area contributed by atoms with Crippen molar-refractivity contribution in [2.24, 2.45) is 11.8 Å². The van der Waals surface area contributed by atoms with E-state index in [1.165, 1.54) is 5.56 Å². The van der Waals surface area contributed by atoms with Crippen LogP contribution in [0.1, 0.15) is 39.2 Å². The van der Waals surface area contributed by atoms with Crippen LogP contribution in [-0.4, -0.2) is 30.2 Å². The van der Waals surface area contributed by atoms with Gasteiger partial charge in [0.15, 0.2) is 0 Å². The van der Waals surface area contributed by atoms with E-state index in [2.05, 4.69) is 38.1 Å². The third-order valence-electron chi connectivity index (χ3n) is 4.34. The fourth-order valence-electron chi connectivity index (χ4n) is 2.90. The molecule has 1 saturated heterocycles. The summed E-state index contributed by atoms with van der Waals surface area (Å²) < 4.78 is 5.48. The number of carbonyl (C=O) groups is 1. The van der Waals surface area contributed by atoms with Gasteiger partial charge < -0.3 is 9.64 Å². The monoisotopic (exact) mass is 289 g/mol. The van der Waals surface area contributed by atoms with Gasteiger partial charge in [0.2, 0.25) is 5.91 Å². The van der Waals surface area contributed by atoms with Crippen LogP contribution in [0, 0.1) is 11.8 Å². The molecule has 1 heterocycles. The molecule has 1 aliphatic heterocycles. The molecule has 1 amide bonds. The third kappa shape index (κ3) is 4.31. The van der Waals surface area contributed by atoms with E-state index in [9.17, 15) is 4.79 Å². The minimum Gasteiger partial charge on any atom is -0.359 e. The largest absolute Gasteiger partial charge is 0.359 e. The lowest BCUT2D eigenvalue weighted by Crippen LogP contribution is -2.42. The Morgan fingerprint density at radius 1 is 1.29 bits per heavy atom. The first-order valence-electron chi connectivity index (χ1n) is 8.01. The Bertz CT molecular complexity index is 444. The molecule has 0 radical (unpaired) electrons. The van der Waals surface area contributed by atoms with E-state index in [4.69, 9.17) is 4.74 Å². The van der Waals surface area contributed by atoms with Gasteiger partial charge in [-0.05, 0) is 30.7 Å². The molecule has 0 unspecified atom stereocenters. The summed E-state index contributed by atoms with van der Waals surface area (Å²) in [6, 6.07) is 10.7. The minimum absolute atomic E-state index is 0.0802. The lowest BCUT2D eigenvalue weighted by atomic mass is 9.98. The molecule has 0 aromatic heterocycles. The van der Waals surface area contributed by atoms with Crippen LogP contribution >= 0.6 is 0 Å². The summed E-state index contributed by atoms with van der Waals surface area (Å²) in [5.41, 5.74) is 1.35. The first-order valence-corrected chi connectivity index (χ1v) is 8.01. The highest BCUT2D eigenvalue weighted by molar-refractivity contribution is 5.78. The predicted octanol–water partition coefficient (Wildman–Crippen LogP) is 3.49. The molecule has 0 N–H and O–H groups in total. The molecular formula is C18H27NO2. The maximum absolute atomic E-state index is 12.5. The molecule has 3 heteroatoms. The number of aryl methyl sites for hydroxylation is 1. The Kier molecular flexibility index (Phi) is 5.80. The molecule has 2 rings (SSSR count). The van der Waals surface area contributed by atoms with Crippen LogP contribution in [0.15, 0.2) is 30.3 Å². The number of amides is 1. The fourth-order valence-corrected chi connectivity index (χ4v) is 2.90. The molecule has 2 atom stereocenters. The van der Waals surface area contributed by atoms with Crippen LogP contribution in [0.4, 0.5) is 0 Å². The molecular weight excluding hydrogens is 262 g/mol. The number of ether oxygens (including phenoxy) is 1. The van der Waals surface area contributed by atoms with Crippen molar-refractivity contribution in [3.8, 4) is 0 Å². The number of rotatable bonds is 6. The summed E-state index contributed by atoms with van der Waals surface area (Å²) >= 11 is 0. The Morgan fingerprint density at radius 2 is 2.00 bits per heavy atom. The van der Waals surface area contributed by atoms with E-state index >= 15 is 0 Å². The first kappa shape index (κ1) is 16.0. The molecule has 1 fully saturated rings. The Morgan fingerprint density at radius 3 is 2.67 bits per heavy atom. The highest BCUT2D eigenvalue weighted by Crippen LogP contribution is 2.22. The normalized spacial score (nSPS) is 20.0. The fraction of sp³-hybridized carbons (Fsp3) is 0.611. The molecule has 21 heavy (non-hydrogen) atoms.